The molecule has 0 bridgehead atoms. The Morgan fingerprint density at radius 3 is 2.60 bits per heavy atom. The molecule has 132 valence electrons. The van der Waals surface area contributed by atoms with Gasteiger partial charge in [-0.3, -0.25) is 9.10 Å². The number of nitrogens with zero attached hydrogens (tertiary/aromatic N) is 1. The lowest BCUT2D eigenvalue weighted by Gasteiger charge is -2.27. The summed E-state index contributed by atoms with van der Waals surface area (Å²) >= 11 is 0. The van der Waals surface area contributed by atoms with Crippen LogP contribution >= 0.6 is 0 Å². The number of nitrogens with one attached hydrogen (secondary N) is 1. The van der Waals surface area contributed by atoms with Crippen molar-refractivity contribution in [2.75, 3.05) is 24.2 Å². The standard InChI is InChI=1S/C18H20N2O4S/c1-20(25(2,22)23)16-9-5-3-8-14(16)18(21)19-15-11-12-24-17-10-6-4-7-13(15)17/h3-10,15H,11-12H2,1-2H3,(H,19,21). The molecule has 1 atom stereocenters. The van der Waals surface area contributed by atoms with Crippen LogP contribution in [-0.4, -0.2) is 34.2 Å². The summed E-state index contributed by atoms with van der Waals surface area (Å²) in [4.78, 5) is 12.8. The number of ether oxygens (including phenoxy) is 1. The fraction of sp³-hybridized carbons (Fsp3) is 0.278. The Labute approximate surface area is 147 Å². The molecule has 2 aromatic carbocycles. The summed E-state index contributed by atoms with van der Waals surface area (Å²) in [7, 11) is -2.02. The number of amides is 1. The van der Waals surface area contributed by atoms with Gasteiger partial charge in [-0.2, -0.15) is 0 Å². The van der Waals surface area contributed by atoms with Gasteiger partial charge in [-0.25, -0.2) is 8.42 Å². The van der Waals surface area contributed by atoms with E-state index in [0.717, 1.165) is 21.9 Å². The first-order chi connectivity index (χ1) is 11.9. The number of benzene rings is 2. The number of hydrogen-bond acceptors (Lipinski definition) is 4. The van der Waals surface area contributed by atoms with Gasteiger partial charge in [-0.1, -0.05) is 30.3 Å². The molecule has 6 nitrogen and oxygen atoms in total. The van der Waals surface area contributed by atoms with Crippen LogP contribution in [0.15, 0.2) is 48.5 Å². The maximum absolute atomic E-state index is 12.8. The second-order valence-electron chi connectivity index (χ2n) is 5.95. The molecule has 0 saturated carbocycles. The average molecular weight is 360 g/mol. The third-order valence-electron chi connectivity index (χ3n) is 4.25. The van der Waals surface area contributed by atoms with E-state index in [9.17, 15) is 13.2 Å². The number of fused-ring (bicyclic) bond motifs is 1. The van der Waals surface area contributed by atoms with Crippen molar-refractivity contribution in [1.82, 2.24) is 5.32 Å². The van der Waals surface area contributed by atoms with Crippen molar-refractivity contribution in [3.05, 3.63) is 59.7 Å². The Kier molecular flexibility index (Phi) is 4.67. The average Bonchev–Trinajstić information content (AvgIpc) is 2.60. The van der Waals surface area contributed by atoms with Crippen LogP contribution in [0.2, 0.25) is 0 Å². The summed E-state index contributed by atoms with van der Waals surface area (Å²) in [6.45, 7) is 0.521. The number of sulfonamides is 1. The van der Waals surface area contributed by atoms with E-state index in [1.165, 1.54) is 7.05 Å². The maximum atomic E-state index is 12.8. The number of carbonyl (C=O) groups excluding carboxylic acids is 1. The smallest absolute Gasteiger partial charge is 0.253 e. The molecule has 1 heterocycles. The summed E-state index contributed by atoms with van der Waals surface area (Å²) in [5, 5.41) is 3.00. The van der Waals surface area contributed by atoms with Gasteiger partial charge in [-0.15, -0.1) is 0 Å². The monoisotopic (exact) mass is 360 g/mol. The summed E-state index contributed by atoms with van der Waals surface area (Å²) in [5.41, 5.74) is 1.60. The lowest BCUT2D eigenvalue weighted by molar-refractivity contribution is 0.0925. The van der Waals surface area contributed by atoms with Crippen molar-refractivity contribution in [2.24, 2.45) is 0 Å². The van der Waals surface area contributed by atoms with Gasteiger partial charge in [0.25, 0.3) is 5.91 Å². The van der Waals surface area contributed by atoms with Crippen molar-refractivity contribution < 1.29 is 17.9 Å². The van der Waals surface area contributed by atoms with Crippen LogP contribution in [0.25, 0.3) is 0 Å². The quantitative estimate of drug-likeness (QED) is 0.908. The topological polar surface area (TPSA) is 75.7 Å². The lowest BCUT2D eigenvalue weighted by Crippen LogP contribution is -2.34. The molecule has 2 aromatic rings. The van der Waals surface area contributed by atoms with Crippen LogP contribution in [0.3, 0.4) is 0 Å². The van der Waals surface area contributed by atoms with Gasteiger partial charge in [0.1, 0.15) is 5.75 Å². The van der Waals surface area contributed by atoms with E-state index in [1.54, 1.807) is 24.3 Å². The van der Waals surface area contributed by atoms with Crippen LogP contribution < -0.4 is 14.4 Å². The molecule has 3 rings (SSSR count). The first-order valence-corrected chi connectivity index (χ1v) is 9.78. The molecule has 1 unspecified atom stereocenters. The summed E-state index contributed by atoms with van der Waals surface area (Å²) in [5.74, 6) is 0.452. The minimum atomic E-state index is -3.46. The number of para-hydroxylation sites is 2. The van der Waals surface area contributed by atoms with Crippen LogP contribution in [0, 0.1) is 0 Å². The van der Waals surface area contributed by atoms with Crippen molar-refractivity contribution in [1.29, 1.82) is 0 Å². The number of hydrogen-bond donors (Lipinski definition) is 1. The predicted octanol–water partition coefficient (Wildman–Crippen LogP) is 2.34. The molecule has 7 heteroatoms. The Balaban J connectivity index is 1.89. The Bertz CT molecular complexity index is 895. The molecule has 25 heavy (non-hydrogen) atoms. The molecule has 0 aromatic heterocycles. The van der Waals surface area contributed by atoms with Crippen molar-refractivity contribution >= 4 is 21.6 Å². The highest BCUT2D eigenvalue weighted by Gasteiger charge is 2.25. The molecular formula is C18H20N2O4S. The summed E-state index contributed by atoms with van der Waals surface area (Å²) in [6, 6.07) is 14.1. The predicted molar refractivity (Wildman–Crippen MR) is 96.5 cm³/mol. The zero-order chi connectivity index (χ0) is 18.0. The summed E-state index contributed by atoms with van der Waals surface area (Å²) < 4.78 is 30.4. The van der Waals surface area contributed by atoms with E-state index in [4.69, 9.17) is 4.74 Å². The number of rotatable bonds is 4. The van der Waals surface area contributed by atoms with E-state index in [-0.39, 0.29) is 11.9 Å². The van der Waals surface area contributed by atoms with Gasteiger partial charge in [0.15, 0.2) is 0 Å². The molecule has 1 N–H and O–H groups in total. The fourth-order valence-corrected chi connectivity index (χ4v) is 3.36. The molecule has 0 aliphatic carbocycles. The molecule has 0 spiro atoms. The van der Waals surface area contributed by atoms with Gasteiger partial charge in [0.2, 0.25) is 10.0 Å². The highest BCUT2D eigenvalue weighted by atomic mass is 32.2. The Morgan fingerprint density at radius 1 is 1.16 bits per heavy atom. The lowest BCUT2D eigenvalue weighted by atomic mass is 10.00. The van der Waals surface area contributed by atoms with Crippen molar-refractivity contribution in [3.63, 3.8) is 0 Å². The molecule has 1 aliphatic rings. The van der Waals surface area contributed by atoms with E-state index < -0.39 is 10.0 Å². The van der Waals surface area contributed by atoms with Gasteiger partial charge >= 0.3 is 0 Å². The van der Waals surface area contributed by atoms with Crippen LogP contribution in [0.5, 0.6) is 5.75 Å². The van der Waals surface area contributed by atoms with Gasteiger partial charge in [-0.05, 0) is 18.2 Å². The molecule has 0 radical (unpaired) electrons. The second-order valence-corrected chi connectivity index (χ2v) is 7.96. The molecule has 1 aliphatic heterocycles. The van der Waals surface area contributed by atoms with E-state index in [1.807, 2.05) is 24.3 Å². The molecule has 1 amide bonds. The zero-order valence-corrected chi connectivity index (χ0v) is 14.9. The minimum Gasteiger partial charge on any atom is -0.493 e. The minimum absolute atomic E-state index is 0.172. The molecule has 0 fully saturated rings. The van der Waals surface area contributed by atoms with Crippen LogP contribution in [-0.2, 0) is 10.0 Å². The molecular weight excluding hydrogens is 340 g/mol. The van der Waals surface area contributed by atoms with E-state index >= 15 is 0 Å². The first kappa shape index (κ1) is 17.3. The third-order valence-corrected chi connectivity index (χ3v) is 5.44. The Morgan fingerprint density at radius 2 is 1.84 bits per heavy atom. The van der Waals surface area contributed by atoms with Gasteiger partial charge in [0, 0.05) is 19.0 Å². The SMILES string of the molecule is CN(c1ccccc1C(=O)NC1CCOc2ccccc21)S(C)(=O)=O. The number of carbonyl (C=O) groups is 1. The first-order valence-electron chi connectivity index (χ1n) is 7.93. The highest BCUT2D eigenvalue weighted by molar-refractivity contribution is 7.92. The van der Waals surface area contributed by atoms with Crippen molar-refractivity contribution in [2.45, 2.75) is 12.5 Å². The second kappa shape index (κ2) is 6.76. The fourth-order valence-electron chi connectivity index (χ4n) is 2.85. The van der Waals surface area contributed by atoms with Gasteiger partial charge in [0.05, 0.1) is 30.2 Å². The highest BCUT2D eigenvalue weighted by Crippen LogP contribution is 2.32. The van der Waals surface area contributed by atoms with Gasteiger partial charge < -0.3 is 10.1 Å². The summed E-state index contributed by atoms with van der Waals surface area (Å²) in [6.07, 6.45) is 1.77. The van der Waals surface area contributed by atoms with Crippen LogP contribution in [0.4, 0.5) is 5.69 Å². The largest absolute Gasteiger partial charge is 0.493 e. The zero-order valence-electron chi connectivity index (χ0n) is 14.1. The van der Waals surface area contributed by atoms with Crippen molar-refractivity contribution in [3.8, 4) is 5.75 Å². The maximum Gasteiger partial charge on any atom is 0.253 e. The Hall–Kier alpha value is -2.54. The third kappa shape index (κ3) is 3.61. The van der Waals surface area contributed by atoms with Crippen LogP contribution in [0.1, 0.15) is 28.4 Å². The normalized spacial score (nSPS) is 16.5. The van der Waals surface area contributed by atoms with E-state index in [0.29, 0.717) is 24.3 Å². The van der Waals surface area contributed by atoms with E-state index in [2.05, 4.69) is 5.32 Å². The molecule has 0 saturated heterocycles. The number of anilines is 1.